The zero-order valence-corrected chi connectivity index (χ0v) is 16.5. The number of halogens is 2. The van der Waals surface area contributed by atoms with Crippen LogP contribution in [-0.4, -0.2) is 29.8 Å². The second kappa shape index (κ2) is 7.06. The number of rotatable bonds is 3. The Morgan fingerprint density at radius 3 is 2.29 bits per heavy atom. The van der Waals surface area contributed by atoms with Crippen molar-refractivity contribution in [2.75, 3.05) is 18.0 Å². The van der Waals surface area contributed by atoms with Crippen molar-refractivity contribution in [2.24, 2.45) is 0 Å². The Bertz CT molecular complexity index is 1030. The molecule has 0 bridgehead atoms. The minimum atomic E-state index is -0.591. The summed E-state index contributed by atoms with van der Waals surface area (Å²) in [7, 11) is 0. The van der Waals surface area contributed by atoms with E-state index in [1.54, 1.807) is 0 Å². The summed E-state index contributed by atoms with van der Waals surface area (Å²) in [5.41, 5.74) is 3.98. The first kappa shape index (κ1) is 18.7. The van der Waals surface area contributed by atoms with Crippen LogP contribution >= 0.6 is 11.6 Å². The predicted molar refractivity (Wildman–Crippen MR) is 108 cm³/mol. The number of nitrogens with zero attached hydrogens (tertiary/aromatic N) is 2. The number of hydrogen-bond acceptors (Lipinski definition) is 3. The second-order valence-electron chi connectivity index (χ2n) is 7.26. The molecule has 0 unspecified atom stereocenters. The number of imide groups is 1. The van der Waals surface area contributed by atoms with Gasteiger partial charge in [0.25, 0.3) is 11.8 Å². The van der Waals surface area contributed by atoms with E-state index in [1.807, 2.05) is 36.9 Å². The molecule has 2 aromatic rings. The first-order chi connectivity index (χ1) is 13.4. The van der Waals surface area contributed by atoms with Gasteiger partial charge in [-0.25, -0.2) is 9.29 Å². The van der Waals surface area contributed by atoms with Gasteiger partial charge in [0.05, 0.1) is 16.3 Å². The smallest absolute Gasteiger partial charge is 0.282 e. The summed E-state index contributed by atoms with van der Waals surface area (Å²) in [6, 6.07) is 9.66. The van der Waals surface area contributed by atoms with E-state index in [4.69, 9.17) is 11.6 Å². The van der Waals surface area contributed by atoms with E-state index >= 15 is 0 Å². The lowest BCUT2D eigenvalue weighted by molar-refractivity contribution is -0.120. The van der Waals surface area contributed by atoms with E-state index < -0.39 is 11.7 Å². The van der Waals surface area contributed by atoms with Gasteiger partial charge in [-0.2, -0.15) is 0 Å². The Hall–Kier alpha value is -2.66. The van der Waals surface area contributed by atoms with E-state index in [9.17, 15) is 14.0 Å². The van der Waals surface area contributed by atoms with Gasteiger partial charge in [-0.3, -0.25) is 9.59 Å². The van der Waals surface area contributed by atoms with Gasteiger partial charge in [-0.15, -0.1) is 0 Å². The molecule has 0 aliphatic carbocycles. The van der Waals surface area contributed by atoms with E-state index in [0.29, 0.717) is 11.3 Å². The van der Waals surface area contributed by atoms with Gasteiger partial charge < -0.3 is 4.90 Å². The molecule has 2 aliphatic rings. The summed E-state index contributed by atoms with van der Waals surface area (Å²) < 4.78 is 13.6. The molecule has 0 radical (unpaired) electrons. The van der Waals surface area contributed by atoms with Gasteiger partial charge in [0.2, 0.25) is 0 Å². The maximum absolute atomic E-state index is 13.6. The molecule has 4 nitrogen and oxygen atoms in total. The zero-order valence-electron chi connectivity index (χ0n) is 15.8. The van der Waals surface area contributed by atoms with Crippen LogP contribution in [0.5, 0.6) is 0 Å². The SMILES string of the molecule is Cc1ccc(C2=C(N3CCCC3)C(=O)N(c3ccc(F)c(Cl)c3)C2=O)cc1C. The highest BCUT2D eigenvalue weighted by molar-refractivity contribution is 6.45. The van der Waals surface area contributed by atoms with Gasteiger partial charge >= 0.3 is 0 Å². The Morgan fingerprint density at radius 2 is 1.64 bits per heavy atom. The van der Waals surface area contributed by atoms with E-state index in [0.717, 1.165) is 47.5 Å². The van der Waals surface area contributed by atoms with Gasteiger partial charge in [-0.1, -0.05) is 29.8 Å². The molecule has 144 valence electrons. The number of carbonyl (C=O) groups excluding carboxylic acids is 2. The molecule has 2 heterocycles. The lowest BCUT2D eigenvalue weighted by Gasteiger charge is -2.20. The van der Waals surface area contributed by atoms with Crippen LogP contribution in [0.3, 0.4) is 0 Å². The van der Waals surface area contributed by atoms with Gasteiger partial charge in [0.15, 0.2) is 0 Å². The van der Waals surface area contributed by atoms with Crippen LogP contribution in [0.1, 0.15) is 29.5 Å². The normalized spacial score (nSPS) is 17.3. The van der Waals surface area contributed by atoms with Crippen molar-refractivity contribution >= 4 is 34.7 Å². The fourth-order valence-electron chi connectivity index (χ4n) is 3.77. The molecule has 6 heteroatoms. The number of likely N-dealkylation sites (tertiary alicyclic amines) is 1. The van der Waals surface area contributed by atoms with Gasteiger partial charge in [-0.05, 0) is 61.6 Å². The number of amides is 2. The van der Waals surface area contributed by atoms with Crippen LogP contribution in [0.2, 0.25) is 5.02 Å². The van der Waals surface area contributed by atoms with Crippen molar-refractivity contribution < 1.29 is 14.0 Å². The maximum atomic E-state index is 13.6. The third kappa shape index (κ3) is 3.00. The molecule has 4 rings (SSSR count). The Morgan fingerprint density at radius 1 is 0.929 bits per heavy atom. The molecular formula is C22H20ClFN2O2. The first-order valence-electron chi connectivity index (χ1n) is 9.29. The largest absolute Gasteiger partial charge is 0.366 e. The van der Waals surface area contributed by atoms with Crippen LogP contribution in [0.4, 0.5) is 10.1 Å². The van der Waals surface area contributed by atoms with Crippen molar-refractivity contribution in [1.82, 2.24) is 4.90 Å². The molecule has 0 N–H and O–H groups in total. The third-order valence-electron chi connectivity index (χ3n) is 5.44. The van der Waals surface area contributed by atoms with E-state index in [2.05, 4.69) is 0 Å². The number of benzene rings is 2. The van der Waals surface area contributed by atoms with Crippen molar-refractivity contribution in [3.63, 3.8) is 0 Å². The average Bonchev–Trinajstić information content (AvgIpc) is 3.26. The molecule has 0 saturated carbocycles. The molecule has 2 aromatic carbocycles. The maximum Gasteiger partial charge on any atom is 0.282 e. The summed E-state index contributed by atoms with van der Waals surface area (Å²) in [5.74, 6) is -1.38. The lowest BCUT2D eigenvalue weighted by atomic mass is 9.99. The molecule has 0 spiro atoms. The minimum absolute atomic E-state index is 0.125. The van der Waals surface area contributed by atoms with Crippen LogP contribution in [-0.2, 0) is 9.59 Å². The monoisotopic (exact) mass is 398 g/mol. The Balaban J connectivity index is 1.85. The topological polar surface area (TPSA) is 40.6 Å². The predicted octanol–water partition coefficient (Wildman–Crippen LogP) is 4.48. The van der Waals surface area contributed by atoms with Crippen LogP contribution in [0.25, 0.3) is 5.57 Å². The number of hydrogen-bond donors (Lipinski definition) is 0. The molecular weight excluding hydrogens is 379 g/mol. The average molecular weight is 399 g/mol. The number of anilines is 1. The highest BCUT2D eigenvalue weighted by Crippen LogP contribution is 2.37. The summed E-state index contributed by atoms with van der Waals surface area (Å²) in [5, 5.41) is -0.125. The number of aryl methyl sites for hydroxylation is 2. The first-order valence-corrected chi connectivity index (χ1v) is 9.67. The van der Waals surface area contributed by atoms with Crippen LogP contribution < -0.4 is 4.90 Å². The van der Waals surface area contributed by atoms with Crippen molar-refractivity contribution in [3.05, 3.63) is 69.6 Å². The van der Waals surface area contributed by atoms with Gasteiger partial charge in [0.1, 0.15) is 11.5 Å². The summed E-state index contributed by atoms with van der Waals surface area (Å²) in [4.78, 5) is 29.7. The highest BCUT2D eigenvalue weighted by atomic mass is 35.5. The van der Waals surface area contributed by atoms with Crippen molar-refractivity contribution in [1.29, 1.82) is 0 Å². The third-order valence-corrected chi connectivity index (χ3v) is 5.73. The van der Waals surface area contributed by atoms with E-state index in [-0.39, 0.29) is 16.6 Å². The Kier molecular flexibility index (Phi) is 4.71. The second-order valence-corrected chi connectivity index (χ2v) is 7.67. The molecule has 28 heavy (non-hydrogen) atoms. The molecule has 1 saturated heterocycles. The fourth-order valence-corrected chi connectivity index (χ4v) is 3.94. The lowest BCUT2D eigenvalue weighted by Crippen LogP contribution is -2.34. The van der Waals surface area contributed by atoms with Crippen molar-refractivity contribution in [2.45, 2.75) is 26.7 Å². The molecule has 2 aliphatic heterocycles. The summed E-state index contributed by atoms with van der Waals surface area (Å²) in [6.45, 7) is 5.46. The van der Waals surface area contributed by atoms with Crippen molar-refractivity contribution in [3.8, 4) is 0 Å². The zero-order chi connectivity index (χ0) is 20.0. The molecule has 0 atom stereocenters. The highest BCUT2D eigenvalue weighted by Gasteiger charge is 2.43. The van der Waals surface area contributed by atoms with Crippen LogP contribution in [0.15, 0.2) is 42.1 Å². The summed E-state index contributed by atoms with van der Waals surface area (Å²) >= 11 is 5.89. The quantitative estimate of drug-likeness (QED) is 0.716. The number of carbonyl (C=O) groups is 2. The van der Waals surface area contributed by atoms with E-state index in [1.165, 1.54) is 18.2 Å². The summed E-state index contributed by atoms with van der Waals surface area (Å²) in [6.07, 6.45) is 1.96. The van der Waals surface area contributed by atoms with Crippen LogP contribution in [0, 0.1) is 19.7 Å². The van der Waals surface area contributed by atoms with Gasteiger partial charge in [0, 0.05) is 13.1 Å². The minimum Gasteiger partial charge on any atom is -0.366 e. The Labute approximate surface area is 168 Å². The molecule has 2 amide bonds. The fraction of sp³-hybridized carbons (Fsp3) is 0.273. The standard InChI is InChI=1S/C22H20ClFN2O2/c1-13-5-6-15(11-14(13)2)19-20(25-9-3-4-10-25)22(28)26(21(19)27)16-7-8-18(24)17(23)12-16/h5-8,11-12H,3-4,9-10H2,1-2H3. The molecule has 1 fully saturated rings. The molecule has 0 aromatic heterocycles.